The highest BCUT2D eigenvalue weighted by molar-refractivity contribution is 5.93. The average molecular weight is 331 g/mol. The normalized spacial score (nSPS) is 11.9. The van der Waals surface area contributed by atoms with Crippen LogP contribution in [-0.4, -0.2) is 26.6 Å². The van der Waals surface area contributed by atoms with Gasteiger partial charge in [0.15, 0.2) is 6.54 Å². The maximum absolute atomic E-state index is 13.4. The number of aryl methyl sites for hydroxylation is 2. The number of nitrogens with one attached hydrogen (secondary N) is 2. The Labute approximate surface area is 142 Å². The molecule has 24 heavy (non-hydrogen) atoms. The van der Waals surface area contributed by atoms with Gasteiger partial charge < -0.3 is 15.0 Å². The third-order valence-electron chi connectivity index (χ3n) is 3.94. The first-order valence-corrected chi connectivity index (χ1v) is 7.90. The molecule has 0 aromatic heterocycles. The molecule has 0 fully saturated rings. The number of hydrogen-bond acceptors (Lipinski definition) is 2. The van der Waals surface area contributed by atoms with E-state index in [0.29, 0.717) is 12.3 Å². The number of para-hydroxylation sites is 1. The molecule has 5 heteroatoms. The Kier molecular flexibility index (Phi) is 5.93. The first-order chi connectivity index (χ1) is 11.4. The number of amides is 1. The molecule has 1 amide bonds. The highest BCUT2D eigenvalue weighted by Gasteiger charge is 2.15. The van der Waals surface area contributed by atoms with Crippen LogP contribution in [0.15, 0.2) is 36.4 Å². The minimum Gasteiger partial charge on any atom is -0.496 e. The van der Waals surface area contributed by atoms with Gasteiger partial charge in [-0.3, -0.25) is 4.79 Å². The lowest BCUT2D eigenvalue weighted by Gasteiger charge is -2.17. The number of hydrogen-bond donors (Lipinski definition) is 2. The van der Waals surface area contributed by atoms with E-state index in [4.69, 9.17) is 4.74 Å². The largest absolute Gasteiger partial charge is 0.496 e. The zero-order chi connectivity index (χ0) is 17.7. The molecule has 0 saturated heterocycles. The highest BCUT2D eigenvalue weighted by Crippen LogP contribution is 2.19. The molecule has 4 nitrogen and oxygen atoms in total. The van der Waals surface area contributed by atoms with Crippen LogP contribution in [-0.2, 0) is 11.3 Å². The van der Waals surface area contributed by atoms with Crippen molar-refractivity contribution in [1.82, 2.24) is 0 Å². The van der Waals surface area contributed by atoms with Gasteiger partial charge in [-0.1, -0.05) is 18.2 Å². The second-order valence-corrected chi connectivity index (χ2v) is 6.08. The third kappa shape index (κ3) is 4.55. The predicted octanol–water partition coefficient (Wildman–Crippen LogP) is 2.10. The Morgan fingerprint density at radius 3 is 2.50 bits per heavy atom. The molecule has 1 atom stereocenters. The molecule has 2 N–H and O–H groups in total. The number of rotatable bonds is 6. The molecule has 2 aromatic rings. The maximum atomic E-state index is 13.4. The van der Waals surface area contributed by atoms with Crippen LogP contribution in [0.4, 0.5) is 10.1 Å². The van der Waals surface area contributed by atoms with Crippen LogP contribution in [0, 0.1) is 19.7 Å². The predicted molar refractivity (Wildman–Crippen MR) is 93.0 cm³/mol. The first kappa shape index (κ1) is 17.9. The quantitative estimate of drug-likeness (QED) is 0.851. The van der Waals surface area contributed by atoms with E-state index in [2.05, 4.69) is 5.32 Å². The Morgan fingerprint density at radius 2 is 1.88 bits per heavy atom. The molecule has 128 valence electrons. The smallest absolute Gasteiger partial charge is 0.279 e. The van der Waals surface area contributed by atoms with E-state index in [0.717, 1.165) is 27.3 Å². The summed E-state index contributed by atoms with van der Waals surface area (Å²) in [5.41, 5.74) is 3.68. The Hall–Kier alpha value is -2.40. The van der Waals surface area contributed by atoms with Crippen molar-refractivity contribution in [3.63, 3.8) is 0 Å². The standard InChI is InChI=1S/C19H23FN2O2/c1-13-6-5-7-14(2)19(13)21-18(23)12-22(3)11-15-10-16(20)8-9-17(15)24-4/h5-10H,11-12H2,1-4H3,(H,21,23)/p+1. The van der Waals surface area contributed by atoms with Crippen LogP contribution >= 0.6 is 0 Å². The van der Waals surface area contributed by atoms with Crippen molar-refractivity contribution in [2.45, 2.75) is 20.4 Å². The Bertz CT molecular complexity index is 711. The van der Waals surface area contributed by atoms with E-state index >= 15 is 0 Å². The van der Waals surface area contributed by atoms with Crippen molar-refractivity contribution >= 4 is 11.6 Å². The molecule has 0 aliphatic carbocycles. The Morgan fingerprint density at radius 1 is 1.21 bits per heavy atom. The summed E-state index contributed by atoms with van der Waals surface area (Å²) in [6.07, 6.45) is 0. The highest BCUT2D eigenvalue weighted by atomic mass is 19.1. The number of ether oxygens (including phenoxy) is 1. The molecule has 2 aromatic carbocycles. The fraction of sp³-hybridized carbons (Fsp3) is 0.316. The molecule has 0 aliphatic rings. The van der Waals surface area contributed by atoms with Crippen molar-refractivity contribution in [3.05, 3.63) is 58.9 Å². The zero-order valence-corrected chi connectivity index (χ0v) is 14.6. The number of methoxy groups -OCH3 is 1. The lowest BCUT2D eigenvalue weighted by molar-refractivity contribution is -0.885. The van der Waals surface area contributed by atoms with Crippen molar-refractivity contribution in [1.29, 1.82) is 0 Å². The summed E-state index contributed by atoms with van der Waals surface area (Å²) in [5, 5.41) is 2.97. The summed E-state index contributed by atoms with van der Waals surface area (Å²) >= 11 is 0. The van der Waals surface area contributed by atoms with Gasteiger partial charge in [0.2, 0.25) is 0 Å². The number of carbonyl (C=O) groups excluding carboxylic acids is 1. The summed E-state index contributed by atoms with van der Waals surface area (Å²) in [6, 6.07) is 10.3. The molecule has 1 unspecified atom stereocenters. The van der Waals surface area contributed by atoms with E-state index in [1.165, 1.54) is 12.1 Å². The lowest BCUT2D eigenvalue weighted by atomic mass is 10.1. The number of anilines is 1. The van der Waals surface area contributed by atoms with Crippen LogP contribution in [0.3, 0.4) is 0 Å². The second kappa shape index (κ2) is 7.93. The topological polar surface area (TPSA) is 42.8 Å². The van der Waals surface area contributed by atoms with Crippen molar-refractivity contribution < 1.29 is 18.8 Å². The fourth-order valence-corrected chi connectivity index (χ4v) is 2.74. The van der Waals surface area contributed by atoms with Crippen molar-refractivity contribution in [2.24, 2.45) is 0 Å². The van der Waals surface area contributed by atoms with E-state index in [1.807, 2.05) is 39.1 Å². The fourth-order valence-electron chi connectivity index (χ4n) is 2.74. The molecular weight excluding hydrogens is 307 g/mol. The third-order valence-corrected chi connectivity index (χ3v) is 3.94. The minimum atomic E-state index is -0.307. The molecule has 2 rings (SSSR count). The molecule has 0 heterocycles. The monoisotopic (exact) mass is 331 g/mol. The van der Waals surface area contributed by atoms with Crippen LogP contribution in [0.25, 0.3) is 0 Å². The van der Waals surface area contributed by atoms with Crippen molar-refractivity contribution in [3.8, 4) is 5.75 Å². The molecular formula is C19H24FN2O2+. The molecule has 0 radical (unpaired) electrons. The van der Waals surface area contributed by atoms with Gasteiger partial charge in [-0.2, -0.15) is 0 Å². The van der Waals surface area contributed by atoms with Gasteiger partial charge in [-0.05, 0) is 43.2 Å². The van der Waals surface area contributed by atoms with Crippen LogP contribution in [0.1, 0.15) is 16.7 Å². The number of quaternary nitrogens is 1. The lowest BCUT2D eigenvalue weighted by Crippen LogP contribution is -3.08. The van der Waals surface area contributed by atoms with E-state index in [9.17, 15) is 9.18 Å². The SMILES string of the molecule is COc1ccc(F)cc1C[NH+](C)CC(=O)Nc1c(C)cccc1C. The summed E-state index contributed by atoms with van der Waals surface area (Å²) in [6.45, 7) is 4.72. The summed E-state index contributed by atoms with van der Waals surface area (Å²) in [7, 11) is 3.45. The van der Waals surface area contributed by atoms with Crippen LogP contribution < -0.4 is 15.0 Å². The number of likely N-dealkylation sites (N-methyl/N-ethyl adjacent to an activating group) is 1. The van der Waals surface area contributed by atoms with Crippen LogP contribution in [0.2, 0.25) is 0 Å². The number of benzene rings is 2. The van der Waals surface area contributed by atoms with Gasteiger partial charge >= 0.3 is 0 Å². The van der Waals surface area contributed by atoms with Gasteiger partial charge in [0, 0.05) is 5.69 Å². The Balaban J connectivity index is 2.01. The van der Waals surface area contributed by atoms with Gasteiger partial charge in [-0.25, -0.2) is 4.39 Å². The van der Waals surface area contributed by atoms with Gasteiger partial charge in [0.05, 0.1) is 19.7 Å². The van der Waals surface area contributed by atoms with Gasteiger partial charge in [0.1, 0.15) is 18.1 Å². The van der Waals surface area contributed by atoms with Crippen molar-refractivity contribution in [2.75, 3.05) is 26.0 Å². The zero-order valence-electron chi connectivity index (χ0n) is 14.6. The average Bonchev–Trinajstić information content (AvgIpc) is 2.51. The molecule has 0 aliphatic heterocycles. The maximum Gasteiger partial charge on any atom is 0.279 e. The first-order valence-electron chi connectivity index (χ1n) is 7.90. The summed E-state index contributed by atoms with van der Waals surface area (Å²) in [5.74, 6) is 0.254. The van der Waals surface area contributed by atoms with Crippen LogP contribution in [0.5, 0.6) is 5.75 Å². The summed E-state index contributed by atoms with van der Waals surface area (Å²) < 4.78 is 18.7. The molecule has 0 saturated carbocycles. The number of carbonyl (C=O) groups is 1. The second-order valence-electron chi connectivity index (χ2n) is 6.08. The molecule has 0 bridgehead atoms. The number of halogens is 1. The summed E-state index contributed by atoms with van der Waals surface area (Å²) in [4.78, 5) is 13.2. The van der Waals surface area contributed by atoms with Gasteiger partial charge in [0.25, 0.3) is 5.91 Å². The molecule has 0 spiro atoms. The van der Waals surface area contributed by atoms with E-state index in [1.54, 1.807) is 13.2 Å². The minimum absolute atomic E-state index is 0.0692. The van der Waals surface area contributed by atoms with E-state index in [-0.39, 0.29) is 18.3 Å². The van der Waals surface area contributed by atoms with E-state index < -0.39 is 0 Å². The van der Waals surface area contributed by atoms with Gasteiger partial charge in [-0.15, -0.1) is 0 Å².